The van der Waals surface area contributed by atoms with Crippen LogP contribution in [0.2, 0.25) is 0 Å². The molecule has 0 fully saturated rings. The number of aliphatic hydroxyl groups is 1. The highest BCUT2D eigenvalue weighted by molar-refractivity contribution is 5.83. The van der Waals surface area contributed by atoms with Gasteiger partial charge in [-0.15, -0.1) is 0 Å². The van der Waals surface area contributed by atoms with Gasteiger partial charge in [0.25, 0.3) is 0 Å². The molecular formula is C13H15N3O5. The highest BCUT2D eigenvalue weighted by atomic mass is 16.5. The van der Waals surface area contributed by atoms with Gasteiger partial charge in [-0.05, 0) is 17.5 Å². The van der Waals surface area contributed by atoms with Crippen LogP contribution in [-0.2, 0) is 25.5 Å². The van der Waals surface area contributed by atoms with Gasteiger partial charge in [-0.1, -0.05) is 29.4 Å². The number of hydrogen-bond donors (Lipinski definition) is 1. The molecule has 1 rings (SSSR count). The van der Waals surface area contributed by atoms with Crippen LogP contribution in [0.1, 0.15) is 5.56 Å². The minimum absolute atomic E-state index is 0.0828. The third-order valence-corrected chi connectivity index (χ3v) is 2.88. The first-order valence-electron chi connectivity index (χ1n) is 6.01. The van der Waals surface area contributed by atoms with E-state index in [0.717, 1.165) is 7.11 Å². The van der Waals surface area contributed by atoms with Gasteiger partial charge in [0.05, 0.1) is 20.1 Å². The van der Waals surface area contributed by atoms with E-state index < -0.39 is 24.0 Å². The molecule has 0 aromatic heterocycles. The lowest BCUT2D eigenvalue weighted by Crippen LogP contribution is -2.37. The predicted molar refractivity (Wildman–Crippen MR) is 72.5 cm³/mol. The maximum atomic E-state index is 11.7. The number of esters is 2. The number of carbonyl (C=O) groups is 2. The third-order valence-electron chi connectivity index (χ3n) is 2.88. The summed E-state index contributed by atoms with van der Waals surface area (Å²) < 4.78 is 9.01. The quantitative estimate of drug-likeness (QED) is 0.368. The summed E-state index contributed by atoms with van der Waals surface area (Å²) in [5, 5.41) is 13.3. The predicted octanol–water partition coefficient (Wildman–Crippen LogP) is 1.49. The van der Waals surface area contributed by atoms with Crippen LogP contribution in [0.25, 0.3) is 10.4 Å². The summed E-state index contributed by atoms with van der Waals surface area (Å²) in [6.07, 6.45) is -1.53. The van der Waals surface area contributed by atoms with Crippen LogP contribution in [0.5, 0.6) is 0 Å². The molecule has 21 heavy (non-hydrogen) atoms. The summed E-state index contributed by atoms with van der Waals surface area (Å²) in [4.78, 5) is 25.7. The van der Waals surface area contributed by atoms with E-state index >= 15 is 0 Å². The number of benzene rings is 1. The number of ether oxygens (including phenoxy) is 2. The zero-order valence-corrected chi connectivity index (χ0v) is 11.6. The van der Waals surface area contributed by atoms with Crippen LogP contribution in [-0.4, -0.2) is 37.4 Å². The van der Waals surface area contributed by atoms with Gasteiger partial charge in [0.2, 0.25) is 0 Å². The fraction of sp³-hybridized carbons (Fsp3) is 0.385. The van der Waals surface area contributed by atoms with Crippen molar-refractivity contribution in [2.45, 2.75) is 12.5 Å². The smallest absolute Gasteiger partial charge is 0.335 e. The molecule has 0 aliphatic heterocycles. The summed E-state index contributed by atoms with van der Waals surface area (Å²) >= 11 is 0. The topological polar surface area (TPSA) is 122 Å². The molecular weight excluding hydrogens is 278 g/mol. The van der Waals surface area contributed by atoms with E-state index in [9.17, 15) is 14.7 Å². The number of nitrogens with zero attached hydrogens (tertiary/aromatic N) is 3. The van der Waals surface area contributed by atoms with Gasteiger partial charge in [-0.3, -0.25) is 4.79 Å². The molecule has 1 aromatic carbocycles. The summed E-state index contributed by atoms with van der Waals surface area (Å²) in [5.41, 5.74) is 9.41. The fourth-order valence-corrected chi connectivity index (χ4v) is 1.76. The molecule has 0 unspecified atom stereocenters. The molecule has 0 heterocycles. The van der Waals surface area contributed by atoms with E-state index in [0.29, 0.717) is 11.3 Å². The molecule has 0 radical (unpaired) electrons. The molecule has 0 spiro atoms. The molecule has 0 amide bonds. The standard InChI is InChI=1S/C13H15N3O5/c1-20-12(18)10(11(17)13(19)21-2)7-8-3-5-9(6-4-8)15-16-14/h3-6,10-11,17H,7H2,1-2H3/t10-,11+/m1/s1. The molecule has 8 nitrogen and oxygen atoms in total. The molecule has 2 atom stereocenters. The van der Waals surface area contributed by atoms with Crippen molar-refractivity contribution < 1.29 is 24.2 Å². The number of rotatable bonds is 6. The highest BCUT2D eigenvalue weighted by Gasteiger charge is 2.33. The monoisotopic (exact) mass is 293 g/mol. The van der Waals surface area contributed by atoms with Crippen molar-refractivity contribution in [2.24, 2.45) is 11.0 Å². The van der Waals surface area contributed by atoms with Crippen molar-refractivity contribution in [3.05, 3.63) is 40.3 Å². The van der Waals surface area contributed by atoms with E-state index in [-0.39, 0.29) is 6.42 Å². The number of carbonyl (C=O) groups excluding carboxylic acids is 2. The van der Waals surface area contributed by atoms with Crippen LogP contribution in [0.15, 0.2) is 29.4 Å². The molecule has 0 saturated heterocycles. The lowest BCUT2D eigenvalue weighted by molar-refractivity contribution is -0.163. The Hall–Kier alpha value is -2.57. The minimum atomic E-state index is -1.61. The molecule has 8 heteroatoms. The SMILES string of the molecule is COC(=O)[C@@H](O)[C@@H](Cc1ccc(N=[N+]=[N-])cc1)C(=O)OC. The Kier molecular flexibility index (Phi) is 6.19. The molecule has 0 aliphatic carbocycles. The Bertz CT molecular complexity index is 551. The number of methoxy groups -OCH3 is 2. The second-order valence-electron chi connectivity index (χ2n) is 4.16. The van der Waals surface area contributed by atoms with Crippen LogP contribution >= 0.6 is 0 Å². The van der Waals surface area contributed by atoms with Crippen molar-refractivity contribution in [1.29, 1.82) is 0 Å². The van der Waals surface area contributed by atoms with Gasteiger partial charge in [0.1, 0.15) is 0 Å². The van der Waals surface area contributed by atoms with Crippen LogP contribution in [0.4, 0.5) is 5.69 Å². The van der Waals surface area contributed by atoms with Crippen LogP contribution < -0.4 is 0 Å². The van der Waals surface area contributed by atoms with Gasteiger partial charge < -0.3 is 14.6 Å². The maximum Gasteiger partial charge on any atom is 0.335 e. The van der Waals surface area contributed by atoms with E-state index in [1.807, 2.05) is 0 Å². The number of aliphatic hydroxyl groups excluding tert-OH is 1. The van der Waals surface area contributed by atoms with Crippen molar-refractivity contribution in [1.82, 2.24) is 0 Å². The molecule has 1 N–H and O–H groups in total. The lowest BCUT2D eigenvalue weighted by atomic mass is 9.94. The minimum Gasteiger partial charge on any atom is -0.469 e. The van der Waals surface area contributed by atoms with Gasteiger partial charge >= 0.3 is 11.9 Å². The van der Waals surface area contributed by atoms with Gasteiger partial charge in [0, 0.05) is 10.6 Å². The molecule has 112 valence electrons. The van der Waals surface area contributed by atoms with Gasteiger partial charge in [-0.2, -0.15) is 0 Å². The van der Waals surface area contributed by atoms with E-state index in [4.69, 9.17) is 5.53 Å². The van der Waals surface area contributed by atoms with Crippen molar-refractivity contribution >= 4 is 17.6 Å². The summed E-state index contributed by atoms with van der Waals surface area (Å²) in [5.74, 6) is -2.70. The van der Waals surface area contributed by atoms with Gasteiger partial charge in [-0.25, -0.2) is 4.79 Å². The molecule has 0 aliphatic rings. The average molecular weight is 293 g/mol. The zero-order chi connectivity index (χ0) is 15.8. The number of hydrogen-bond acceptors (Lipinski definition) is 6. The van der Waals surface area contributed by atoms with E-state index in [2.05, 4.69) is 19.5 Å². The first-order chi connectivity index (χ1) is 10.0. The normalized spacial score (nSPS) is 12.7. The largest absolute Gasteiger partial charge is 0.469 e. The van der Waals surface area contributed by atoms with E-state index in [1.54, 1.807) is 24.3 Å². The fourth-order valence-electron chi connectivity index (χ4n) is 1.76. The first kappa shape index (κ1) is 16.5. The van der Waals surface area contributed by atoms with Crippen LogP contribution in [0, 0.1) is 5.92 Å². The summed E-state index contributed by atoms with van der Waals surface area (Å²) in [6.45, 7) is 0. The second-order valence-corrected chi connectivity index (χ2v) is 4.16. The number of azide groups is 1. The first-order valence-corrected chi connectivity index (χ1v) is 6.01. The van der Waals surface area contributed by atoms with Crippen molar-refractivity contribution in [3.63, 3.8) is 0 Å². The van der Waals surface area contributed by atoms with Crippen molar-refractivity contribution in [2.75, 3.05) is 14.2 Å². The molecule has 1 aromatic rings. The second kappa shape index (κ2) is 7.88. The van der Waals surface area contributed by atoms with Crippen molar-refractivity contribution in [3.8, 4) is 0 Å². The average Bonchev–Trinajstić information content (AvgIpc) is 2.52. The molecule has 0 bridgehead atoms. The highest BCUT2D eigenvalue weighted by Crippen LogP contribution is 2.19. The Morgan fingerprint density at radius 3 is 2.29 bits per heavy atom. The zero-order valence-electron chi connectivity index (χ0n) is 11.6. The Balaban J connectivity index is 2.92. The Morgan fingerprint density at radius 2 is 1.81 bits per heavy atom. The Morgan fingerprint density at radius 1 is 1.24 bits per heavy atom. The maximum absolute atomic E-state index is 11.7. The Labute approximate surface area is 120 Å². The van der Waals surface area contributed by atoms with Gasteiger partial charge in [0.15, 0.2) is 6.10 Å². The summed E-state index contributed by atoms with van der Waals surface area (Å²) in [7, 11) is 2.29. The third kappa shape index (κ3) is 4.48. The lowest BCUT2D eigenvalue weighted by Gasteiger charge is -2.18. The van der Waals surface area contributed by atoms with E-state index in [1.165, 1.54) is 7.11 Å². The van der Waals surface area contributed by atoms with Crippen LogP contribution in [0.3, 0.4) is 0 Å². The molecule has 0 saturated carbocycles. The summed E-state index contributed by atoms with van der Waals surface area (Å²) in [6, 6.07) is 6.38.